The molecule has 0 bridgehead atoms. The molecule has 0 atom stereocenters. The highest BCUT2D eigenvalue weighted by molar-refractivity contribution is 7.15. The molecule has 9 nitrogen and oxygen atoms in total. The summed E-state index contributed by atoms with van der Waals surface area (Å²) in [6.07, 6.45) is 1.49. The number of anilines is 1. The third kappa shape index (κ3) is 7.71. The first-order valence-electron chi connectivity index (χ1n) is 11.9. The number of aryl methyl sites for hydroxylation is 2. The summed E-state index contributed by atoms with van der Waals surface area (Å²) in [7, 11) is 0. The molecule has 0 radical (unpaired) electrons. The molecule has 1 aromatic heterocycles. The summed E-state index contributed by atoms with van der Waals surface area (Å²) in [6.45, 7) is 4.61. The van der Waals surface area contributed by atoms with E-state index in [1.54, 1.807) is 12.1 Å². The van der Waals surface area contributed by atoms with E-state index in [1.807, 2.05) is 74.5 Å². The minimum absolute atomic E-state index is 0.0241. The van der Waals surface area contributed by atoms with Crippen LogP contribution in [0.25, 0.3) is 0 Å². The van der Waals surface area contributed by atoms with E-state index in [4.69, 9.17) is 9.47 Å². The first kappa shape index (κ1) is 26.5. The SMILES string of the molecule is Cc1cccc(OCCOc2ccccc2C=NNC(=O)Cc2nnc(NC(=O)c3ccccc3C)s2)c1. The molecule has 10 heteroatoms. The van der Waals surface area contributed by atoms with Gasteiger partial charge < -0.3 is 9.47 Å². The molecule has 0 aliphatic carbocycles. The number of benzene rings is 3. The molecule has 0 spiro atoms. The zero-order valence-electron chi connectivity index (χ0n) is 21.0. The van der Waals surface area contributed by atoms with Crippen molar-refractivity contribution in [3.63, 3.8) is 0 Å². The van der Waals surface area contributed by atoms with Crippen LogP contribution in [0.15, 0.2) is 77.9 Å². The fourth-order valence-corrected chi connectivity index (χ4v) is 4.19. The molecule has 0 unspecified atom stereocenters. The number of amides is 2. The van der Waals surface area contributed by atoms with Crippen molar-refractivity contribution in [3.8, 4) is 11.5 Å². The van der Waals surface area contributed by atoms with Gasteiger partial charge in [-0.2, -0.15) is 5.10 Å². The molecule has 0 saturated carbocycles. The molecule has 194 valence electrons. The van der Waals surface area contributed by atoms with Gasteiger partial charge in [-0.05, 0) is 55.3 Å². The Morgan fingerprint density at radius 2 is 1.74 bits per heavy atom. The molecule has 2 N–H and O–H groups in total. The number of ether oxygens (including phenoxy) is 2. The molecular weight excluding hydrogens is 502 g/mol. The highest BCUT2D eigenvalue weighted by Gasteiger charge is 2.13. The Bertz CT molecular complexity index is 1440. The molecule has 0 fully saturated rings. The highest BCUT2D eigenvalue weighted by atomic mass is 32.1. The average Bonchev–Trinajstić information content (AvgIpc) is 3.34. The van der Waals surface area contributed by atoms with Gasteiger partial charge in [0.15, 0.2) is 0 Å². The van der Waals surface area contributed by atoms with Gasteiger partial charge in [0.2, 0.25) is 11.0 Å². The number of aromatic nitrogens is 2. The molecule has 1 heterocycles. The van der Waals surface area contributed by atoms with E-state index in [2.05, 4.69) is 26.0 Å². The standard InChI is InChI=1S/C28H27N5O4S/c1-19-8-7-11-22(16-19)36-14-15-37-24-13-6-4-10-21(24)18-29-31-25(34)17-26-32-33-28(38-26)30-27(35)23-12-5-3-9-20(23)2/h3-13,16,18H,14-15,17H2,1-2H3,(H,31,34)(H,30,33,35). The molecule has 38 heavy (non-hydrogen) atoms. The Kier molecular flexibility index (Phi) is 9.14. The number of hydrogen-bond donors (Lipinski definition) is 2. The summed E-state index contributed by atoms with van der Waals surface area (Å²) in [5.74, 6) is 0.778. The minimum Gasteiger partial charge on any atom is -0.490 e. The van der Waals surface area contributed by atoms with Gasteiger partial charge in [0.05, 0.1) is 12.6 Å². The molecule has 0 saturated heterocycles. The van der Waals surface area contributed by atoms with Gasteiger partial charge in [-0.3, -0.25) is 14.9 Å². The van der Waals surface area contributed by atoms with Crippen LogP contribution < -0.4 is 20.2 Å². The summed E-state index contributed by atoms with van der Waals surface area (Å²) in [5.41, 5.74) is 5.73. The number of nitrogens with zero attached hydrogens (tertiary/aromatic N) is 3. The van der Waals surface area contributed by atoms with Crippen LogP contribution in [0.1, 0.15) is 32.1 Å². The number of nitrogens with one attached hydrogen (secondary N) is 2. The normalized spacial score (nSPS) is 10.8. The number of hydrogen-bond acceptors (Lipinski definition) is 8. The van der Waals surface area contributed by atoms with Crippen molar-refractivity contribution in [2.24, 2.45) is 5.10 Å². The smallest absolute Gasteiger partial charge is 0.257 e. The zero-order chi connectivity index (χ0) is 26.7. The van der Waals surface area contributed by atoms with E-state index < -0.39 is 0 Å². The second-order valence-electron chi connectivity index (χ2n) is 8.29. The van der Waals surface area contributed by atoms with Gasteiger partial charge in [0.1, 0.15) is 29.7 Å². The maximum Gasteiger partial charge on any atom is 0.257 e. The van der Waals surface area contributed by atoms with Gasteiger partial charge in [-0.25, -0.2) is 5.43 Å². The second-order valence-corrected chi connectivity index (χ2v) is 9.35. The molecule has 2 amide bonds. The lowest BCUT2D eigenvalue weighted by Gasteiger charge is -2.10. The van der Waals surface area contributed by atoms with Crippen LogP contribution in [-0.2, 0) is 11.2 Å². The fourth-order valence-electron chi connectivity index (χ4n) is 3.45. The van der Waals surface area contributed by atoms with Crippen molar-refractivity contribution in [1.82, 2.24) is 15.6 Å². The summed E-state index contributed by atoms with van der Waals surface area (Å²) in [4.78, 5) is 24.8. The lowest BCUT2D eigenvalue weighted by atomic mass is 10.1. The van der Waals surface area contributed by atoms with Crippen LogP contribution in [0.4, 0.5) is 5.13 Å². The van der Waals surface area contributed by atoms with Gasteiger partial charge >= 0.3 is 0 Å². The van der Waals surface area contributed by atoms with Gasteiger partial charge in [0, 0.05) is 11.1 Å². The maximum absolute atomic E-state index is 12.4. The molecule has 4 rings (SSSR count). The lowest BCUT2D eigenvalue weighted by Crippen LogP contribution is -2.19. The van der Waals surface area contributed by atoms with E-state index in [-0.39, 0.29) is 18.2 Å². The van der Waals surface area contributed by atoms with Crippen LogP contribution in [0.5, 0.6) is 11.5 Å². The van der Waals surface area contributed by atoms with Crippen molar-refractivity contribution in [2.75, 3.05) is 18.5 Å². The van der Waals surface area contributed by atoms with Gasteiger partial charge in [-0.15, -0.1) is 10.2 Å². The Labute approximate surface area is 224 Å². The molecule has 3 aromatic carbocycles. The van der Waals surface area contributed by atoms with Crippen LogP contribution in [0.2, 0.25) is 0 Å². The average molecular weight is 530 g/mol. The van der Waals surface area contributed by atoms with Gasteiger partial charge in [0.25, 0.3) is 5.91 Å². The van der Waals surface area contributed by atoms with E-state index in [0.717, 1.165) is 28.2 Å². The quantitative estimate of drug-likeness (QED) is 0.167. The zero-order valence-corrected chi connectivity index (χ0v) is 21.8. The van der Waals surface area contributed by atoms with Gasteiger partial charge in [-0.1, -0.05) is 53.8 Å². The first-order chi connectivity index (χ1) is 18.5. The largest absolute Gasteiger partial charge is 0.490 e. The summed E-state index contributed by atoms with van der Waals surface area (Å²) in [6, 6.07) is 22.5. The van der Waals surface area contributed by atoms with E-state index in [1.165, 1.54) is 6.21 Å². The summed E-state index contributed by atoms with van der Waals surface area (Å²) >= 11 is 1.13. The van der Waals surface area contributed by atoms with Crippen molar-refractivity contribution in [3.05, 3.63) is 100 Å². The number of hydrazone groups is 1. The molecule has 4 aromatic rings. The molecular formula is C28H27N5O4S. The van der Waals surface area contributed by atoms with Crippen LogP contribution in [0.3, 0.4) is 0 Å². The van der Waals surface area contributed by atoms with E-state index >= 15 is 0 Å². The minimum atomic E-state index is -0.362. The summed E-state index contributed by atoms with van der Waals surface area (Å²) < 4.78 is 11.6. The fraction of sp³-hybridized carbons (Fsp3) is 0.179. The van der Waals surface area contributed by atoms with Crippen LogP contribution in [0, 0.1) is 13.8 Å². The predicted octanol–water partition coefficient (Wildman–Crippen LogP) is 4.56. The molecule has 0 aliphatic rings. The summed E-state index contributed by atoms with van der Waals surface area (Å²) in [5, 5.41) is 15.5. The Hall–Kier alpha value is -4.57. The van der Waals surface area contributed by atoms with Crippen molar-refractivity contribution in [1.29, 1.82) is 0 Å². The van der Waals surface area contributed by atoms with Crippen LogP contribution in [-0.4, -0.2) is 41.4 Å². The Balaban J connectivity index is 1.24. The Morgan fingerprint density at radius 3 is 2.58 bits per heavy atom. The van der Waals surface area contributed by atoms with Crippen molar-refractivity contribution >= 4 is 34.5 Å². The topological polar surface area (TPSA) is 115 Å². The van der Waals surface area contributed by atoms with E-state index in [0.29, 0.717) is 40.2 Å². The third-order valence-electron chi connectivity index (χ3n) is 5.30. The Morgan fingerprint density at radius 1 is 0.947 bits per heavy atom. The van der Waals surface area contributed by atoms with E-state index in [9.17, 15) is 9.59 Å². The number of rotatable bonds is 11. The second kappa shape index (κ2) is 13.1. The monoisotopic (exact) mass is 529 g/mol. The van der Waals surface area contributed by atoms with Crippen LogP contribution >= 0.6 is 11.3 Å². The van der Waals surface area contributed by atoms with Crippen molar-refractivity contribution in [2.45, 2.75) is 20.3 Å². The third-order valence-corrected chi connectivity index (χ3v) is 6.14. The number of carbonyl (C=O) groups is 2. The van der Waals surface area contributed by atoms with Crippen molar-refractivity contribution < 1.29 is 19.1 Å². The lowest BCUT2D eigenvalue weighted by molar-refractivity contribution is -0.120. The predicted molar refractivity (Wildman–Crippen MR) is 147 cm³/mol. The highest BCUT2D eigenvalue weighted by Crippen LogP contribution is 2.19. The maximum atomic E-state index is 12.4. The molecule has 0 aliphatic heterocycles. The number of carbonyl (C=O) groups excluding carboxylic acids is 2. The number of para-hydroxylation sites is 1. The first-order valence-corrected chi connectivity index (χ1v) is 12.7.